The average Bonchev–Trinajstić information content (AvgIpc) is 1.97. The Kier molecular flexibility index (Phi) is 5.17. The average molecular weight is 154 g/mol. The van der Waals surface area contributed by atoms with E-state index in [0.717, 1.165) is 12.8 Å². The Hall–Kier alpha value is -1.05. The molecule has 0 saturated carbocycles. The van der Waals surface area contributed by atoms with Gasteiger partial charge in [0.05, 0.1) is 0 Å². The number of hydrogen-bond donors (Lipinski definition) is 1. The number of unbranched alkanes of at least 4 members (excludes halogenated alkanes) is 1. The first-order valence-corrected chi connectivity index (χ1v) is 3.71. The minimum absolute atomic E-state index is 0.492. The second-order valence-electron chi connectivity index (χ2n) is 2.30. The van der Waals surface area contributed by atoms with Crippen molar-refractivity contribution in [1.29, 1.82) is 0 Å². The van der Waals surface area contributed by atoms with Crippen LogP contribution < -0.4 is 0 Å². The lowest BCUT2D eigenvalue weighted by Crippen LogP contribution is -1.99. The van der Waals surface area contributed by atoms with Crippen LogP contribution in [-0.2, 0) is 4.79 Å². The molecule has 0 amide bonds. The van der Waals surface area contributed by atoms with Crippen LogP contribution in [0.25, 0.3) is 0 Å². The number of carboxylic acids is 1. The number of rotatable bonds is 5. The van der Waals surface area contributed by atoms with E-state index in [9.17, 15) is 4.79 Å². The zero-order valence-electron chi connectivity index (χ0n) is 6.84. The summed E-state index contributed by atoms with van der Waals surface area (Å²) in [5.41, 5.74) is 0.492. The Morgan fingerprint density at radius 1 is 1.64 bits per heavy atom. The second kappa shape index (κ2) is 5.71. The van der Waals surface area contributed by atoms with Gasteiger partial charge in [0.15, 0.2) is 0 Å². The fraction of sp³-hybridized carbons (Fsp3) is 0.444. The summed E-state index contributed by atoms with van der Waals surface area (Å²) in [6, 6.07) is 0. The molecule has 0 aromatic heterocycles. The molecule has 62 valence electrons. The van der Waals surface area contributed by atoms with E-state index in [0.29, 0.717) is 12.0 Å². The summed E-state index contributed by atoms with van der Waals surface area (Å²) in [5.74, 6) is -0.809. The molecule has 0 fully saturated rings. The standard InChI is InChI=1S/C9H14O2/c1-3-5-6-7-8(4-2)9(10)11/h3-4H,1,5-7H2,2H3,(H,10,11)/b8-4+. The highest BCUT2D eigenvalue weighted by molar-refractivity contribution is 5.86. The molecule has 1 N–H and O–H groups in total. The highest BCUT2D eigenvalue weighted by Gasteiger charge is 2.03. The third kappa shape index (κ3) is 4.37. The summed E-state index contributed by atoms with van der Waals surface area (Å²) in [5, 5.41) is 8.58. The third-order valence-electron chi connectivity index (χ3n) is 1.48. The van der Waals surface area contributed by atoms with Gasteiger partial charge in [-0.25, -0.2) is 4.79 Å². The van der Waals surface area contributed by atoms with Gasteiger partial charge in [-0.2, -0.15) is 0 Å². The zero-order valence-corrected chi connectivity index (χ0v) is 6.84. The number of aliphatic carboxylic acids is 1. The van der Waals surface area contributed by atoms with Gasteiger partial charge in [0.1, 0.15) is 0 Å². The molecule has 0 unspecified atom stereocenters. The Morgan fingerprint density at radius 2 is 2.27 bits per heavy atom. The predicted octanol–water partition coefficient (Wildman–Crippen LogP) is 2.37. The molecule has 0 bridgehead atoms. The summed E-state index contributed by atoms with van der Waals surface area (Å²) in [7, 11) is 0. The lowest BCUT2D eigenvalue weighted by Gasteiger charge is -1.97. The Bertz CT molecular complexity index is 168. The van der Waals surface area contributed by atoms with Gasteiger partial charge in [-0.05, 0) is 26.2 Å². The first-order valence-electron chi connectivity index (χ1n) is 3.71. The van der Waals surface area contributed by atoms with E-state index in [1.54, 1.807) is 19.1 Å². The lowest BCUT2D eigenvalue weighted by molar-refractivity contribution is -0.132. The first kappa shape index (κ1) is 9.95. The van der Waals surface area contributed by atoms with Crippen LogP contribution in [0.2, 0.25) is 0 Å². The second-order valence-corrected chi connectivity index (χ2v) is 2.30. The minimum Gasteiger partial charge on any atom is -0.478 e. The summed E-state index contributed by atoms with van der Waals surface area (Å²) in [6.07, 6.45) is 5.83. The summed E-state index contributed by atoms with van der Waals surface area (Å²) in [6.45, 7) is 5.31. The van der Waals surface area contributed by atoms with Crippen molar-refractivity contribution >= 4 is 5.97 Å². The molecule has 0 radical (unpaired) electrons. The van der Waals surface area contributed by atoms with E-state index in [1.165, 1.54) is 0 Å². The van der Waals surface area contributed by atoms with Crippen LogP contribution in [0.5, 0.6) is 0 Å². The fourth-order valence-corrected chi connectivity index (χ4v) is 0.812. The van der Waals surface area contributed by atoms with Gasteiger partial charge < -0.3 is 5.11 Å². The van der Waals surface area contributed by atoms with Gasteiger partial charge in [-0.3, -0.25) is 0 Å². The fourth-order valence-electron chi connectivity index (χ4n) is 0.812. The number of carboxylic acid groups (broad SMARTS) is 1. The maximum absolute atomic E-state index is 10.4. The van der Waals surface area contributed by atoms with E-state index in [1.807, 2.05) is 0 Å². The van der Waals surface area contributed by atoms with E-state index in [4.69, 9.17) is 5.11 Å². The van der Waals surface area contributed by atoms with Gasteiger partial charge in [-0.15, -0.1) is 6.58 Å². The molecular weight excluding hydrogens is 140 g/mol. The SMILES string of the molecule is C=CCCC/C(=C\C)C(=O)O. The molecule has 0 heterocycles. The summed E-state index contributed by atoms with van der Waals surface area (Å²) >= 11 is 0. The van der Waals surface area contributed by atoms with Crippen molar-refractivity contribution in [2.24, 2.45) is 0 Å². The molecule has 2 heteroatoms. The molecule has 2 nitrogen and oxygen atoms in total. The molecule has 0 atom stereocenters. The Morgan fingerprint density at radius 3 is 2.64 bits per heavy atom. The van der Waals surface area contributed by atoms with Crippen LogP contribution in [0.3, 0.4) is 0 Å². The Balaban J connectivity index is 3.72. The van der Waals surface area contributed by atoms with E-state index >= 15 is 0 Å². The third-order valence-corrected chi connectivity index (χ3v) is 1.48. The molecule has 0 aromatic carbocycles. The minimum atomic E-state index is -0.809. The molecule has 0 spiro atoms. The molecule has 0 aromatic rings. The van der Waals surface area contributed by atoms with Crippen molar-refractivity contribution in [1.82, 2.24) is 0 Å². The van der Waals surface area contributed by atoms with Crippen molar-refractivity contribution in [3.63, 3.8) is 0 Å². The van der Waals surface area contributed by atoms with Crippen molar-refractivity contribution in [2.45, 2.75) is 26.2 Å². The molecule has 0 aliphatic heterocycles. The van der Waals surface area contributed by atoms with Crippen molar-refractivity contribution in [2.75, 3.05) is 0 Å². The van der Waals surface area contributed by atoms with Gasteiger partial charge in [0.25, 0.3) is 0 Å². The van der Waals surface area contributed by atoms with Gasteiger partial charge in [0, 0.05) is 5.57 Å². The maximum atomic E-state index is 10.4. The largest absolute Gasteiger partial charge is 0.478 e. The number of carbonyl (C=O) groups is 1. The van der Waals surface area contributed by atoms with Crippen LogP contribution in [0.4, 0.5) is 0 Å². The Labute approximate surface area is 67.2 Å². The number of allylic oxidation sites excluding steroid dienone is 2. The van der Waals surface area contributed by atoms with E-state index in [-0.39, 0.29) is 0 Å². The quantitative estimate of drug-likeness (QED) is 0.375. The smallest absolute Gasteiger partial charge is 0.331 e. The van der Waals surface area contributed by atoms with Crippen LogP contribution in [-0.4, -0.2) is 11.1 Å². The van der Waals surface area contributed by atoms with Gasteiger partial charge in [-0.1, -0.05) is 12.2 Å². The topological polar surface area (TPSA) is 37.3 Å². The summed E-state index contributed by atoms with van der Waals surface area (Å²) < 4.78 is 0. The van der Waals surface area contributed by atoms with E-state index in [2.05, 4.69) is 6.58 Å². The normalized spacial score (nSPS) is 11.2. The van der Waals surface area contributed by atoms with E-state index < -0.39 is 5.97 Å². The highest BCUT2D eigenvalue weighted by Crippen LogP contribution is 2.07. The van der Waals surface area contributed by atoms with Gasteiger partial charge >= 0.3 is 5.97 Å². The zero-order chi connectivity index (χ0) is 8.69. The van der Waals surface area contributed by atoms with Crippen molar-refractivity contribution in [3.05, 3.63) is 24.3 Å². The van der Waals surface area contributed by atoms with Crippen molar-refractivity contribution in [3.8, 4) is 0 Å². The monoisotopic (exact) mass is 154 g/mol. The highest BCUT2D eigenvalue weighted by atomic mass is 16.4. The van der Waals surface area contributed by atoms with Crippen LogP contribution >= 0.6 is 0 Å². The summed E-state index contributed by atoms with van der Waals surface area (Å²) in [4.78, 5) is 10.4. The van der Waals surface area contributed by atoms with Crippen LogP contribution in [0, 0.1) is 0 Å². The molecule has 11 heavy (non-hydrogen) atoms. The van der Waals surface area contributed by atoms with Crippen LogP contribution in [0.1, 0.15) is 26.2 Å². The van der Waals surface area contributed by atoms with Gasteiger partial charge in [0.2, 0.25) is 0 Å². The van der Waals surface area contributed by atoms with Crippen LogP contribution in [0.15, 0.2) is 24.3 Å². The molecule has 0 aliphatic carbocycles. The van der Waals surface area contributed by atoms with Crippen molar-refractivity contribution < 1.29 is 9.90 Å². The number of hydrogen-bond acceptors (Lipinski definition) is 1. The molecular formula is C9H14O2. The molecule has 0 aliphatic rings. The first-order chi connectivity index (χ1) is 5.22. The maximum Gasteiger partial charge on any atom is 0.331 e. The predicted molar refractivity (Wildman–Crippen MR) is 45.4 cm³/mol. The molecule has 0 rings (SSSR count). The molecule has 0 saturated heterocycles. The lowest BCUT2D eigenvalue weighted by atomic mass is 10.1.